The molecule has 0 spiro atoms. The Labute approximate surface area is 136 Å². The molecule has 0 bridgehead atoms. The molecule has 0 aliphatic heterocycles. The molecule has 0 fully saturated rings. The van der Waals surface area contributed by atoms with Crippen molar-refractivity contribution < 1.29 is 19.4 Å². The minimum Gasteiger partial charge on any atom is -0.478 e. The Bertz CT molecular complexity index is 688. The molecule has 22 heavy (non-hydrogen) atoms. The number of hydrogen-bond acceptors (Lipinski definition) is 3. The summed E-state index contributed by atoms with van der Waals surface area (Å²) in [6.07, 6.45) is -0.617. The highest BCUT2D eigenvalue weighted by atomic mass is 79.9. The molecule has 1 N–H and O–H groups in total. The molecule has 6 heteroatoms. The van der Waals surface area contributed by atoms with Gasteiger partial charge in [-0.15, -0.1) is 0 Å². The third-order valence-electron chi connectivity index (χ3n) is 3.03. The summed E-state index contributed by atoms with van der Waals surface area (Å²) in [7, 11) is 1.48. The van der Waals surface area contributed by atoms with Gasteiger partial charge in [-0.05, 0) is 23.8 Å². The van der Waals surface area contributed by atoms with Crippen LogP contribution in [0.25, 0.3) is 0 Å². The monoisotopic (exact) mass is 363 g/mol. The van der Waals surface area contributed by atoms with Gasteiger partial charge in [0.2, 0.25) is 0 Å². The van der Waals surface area contributed by atoms with E-state index < -0.39 is 12.1 Å². The van der Waals surface area contributed by atoms with Gasteiger partial charge >= 0.3 is 12.1 Å². The molecule has 2 rings (SSSR count). The standard InChI is InChI=1S/C16H14BrNO4/c1-18(14-8-7-12(17)9-13(14)15(19)20)16(21)22-10-11-5-3-2-4-6-11/h2-9H,10H2,1H3,(H,19,20). The molecule has 2 aromatic carbocycles. The molecule has 0 heterocycles. The van der Waals surface area contributed by atoms with Crippen molar-refractivity contribution in [3.05, 3.63) is 64.1 Å². The van der Waals surface area contributed by atoms with Crippen LogP contribution in [0.2, 0.25) is 0 Å². The highest BCUT2D eigenvalue weighted by Gasteiger charge is 2.19. The Morgan fingerprint density at radius 2 is 1.86 bits per heavy atom. The molecule has 0 aromatic heterocycles. The third-order valence-corrected chi connectivity index (χ3v) is 3.52. The number of benzene rings is 2. The van der Waals surface area contributed by atoms with Crippen LogP contribution in [-0.4, -0.2) is 24.2 Å². The zero-order valence-corrected chi connectivity index (χ0v) is 13.4. The predicted octanol–water partition coefficient (Wildman–Crippen LogP) is 3.92. The van der Waals surface area contributed by atoms with E-state index in [0.717, 1.165) is 5.56 Å². The summed E-state index contributed by atoms with van der Waals surface area (Å²) in [5.41, 5.74) is 1.15. The minimum absolute atomic E-state index is 0.0218. The fraction of sp³-hybridized carbons (Fsp3) is 0.125. The molecule has 0 atom stereocenters. The van der Waals surface area contributed by atoms with Gasteiger partial charge in [0.25, 0.3) is 0 Å². The van der Waals surface area contributed by atoms with Crippen LogP contribution in [0, 0.1) is 0 Å². The van der Waals surface area contributed by atoms with Crippen molar-refractivity contribution >= 4 is 33.7 Å². The Balaban J connectivity index is 2.12. The number of hydrogen-bond donors (Lipinski definition) is 1. The lowest BCUT2D eigenvalue weighted by Gasteiger charge is -2.19. The first-order valence-electron chi connectivity index (χ1n) is 6.46. The van der Waals surface area contributed by atoms with Crippen molar-refractivity contribution in [3.63, 3.8) is 0 Å². The summed E-state index contributed by atoms with van der Waals surface area (Å²) >= 11 is 3.21. The average Bonchev–Trinajstić information content (AvgIpc) is 2.52. The van der Waals surface area contributed by atoms with Crippen LogP contribution in [0.15, 0.2) is 53.0 Å². The molecule has 114 valence electrons. The van der Waals surface area contributed by atoms with Crippen LogP contribution >= 0.6 is 15.9 Å². The summed E-state index contributed by atoms with van der Waals surface area (Å²) in [5.74, 6) is -1.11. The normalized spacial score (nSPS) is 10.1. The van der Waals surface area contributed by atoms with E-state index in [1.54, 1.807) is 12.1 Å². The highest BCUT2D eigenvalue weighted by Crippen LogP contribution is 2.24. The van der Waals surface area contributed by atoms with Crippen molar-refractivity contribution in [3.8, 4) is 0 Å². The van der Waals surface area contributed by atoms with Gasteiger partial charge < -0.3 is 9.84 Å². The summed E-state index contributed by atoms with van der Waals surface area (Å²) in [6, 6.07) is 13.9. The SMILES string of the molecule is CN(C(=O)OCc1ccccc1)c1ccc(Br)cc1C(=O)O. The van der Waals surface area contributed by atoms with E-state index in [9.17, 15) is 14.7 Å². The number of carbonyl (C=O) groups excluding carboxylic acids is 1. The fourth-order valence-corrected chi connectivity index (χ4v) is 2.25. The molecular weight excluding hydrogens is 350 g/mol. The Morgan fingerprint density at radius 1 is 1.18 bits per heavy atom. The van der Waals surface area contributed by atoms with Gasteiger partial charge in [0.15, 0.2) is 0 Å². The van der Waals surface area contributed by atoms with Crippen LogP contribution in [0.1, 0.15) is 15.9 Å². The molecule has 0 aliphatic rings. The minimum atomic E-state index is -1.11. The predicted molar refractivity (Wildman–Crippen MR) is 86.1 cm³/mol. The lowest BCUT2D eigenvalue weighted by Crippen LogP contribution is -2.28. The molecule has 0 saturated heterocycles. The zero-order chi connectivity index (χ0) is 16.1. The lowest BCUT2D eigenvalue weighted by molar-refractivity contribution is 0.0697. The smallest absolute Gasteiger partial charge is 0.414 e. The van der Waals surface area contributed by atoms with E-state index in [-0.39, 0.29) is 17.9 Å². The van der Waals surface area contributed by atoms with Gasteiger partial charge in [-0.2, -0.15) is 0 Å². The van der Waals surface area contributed by atoms with Gasteiger partial charge in [-0.25, -0.2) is 9.59 Å². The van der Waals surface area contributed by atoms with Crippen LogP contribution in [0.3, 0.4) is 0 Å². The maximum atomic E-state index is 12.1. The highest BCUT2D eigenvalue weighted by molar-refractivity contribution is 9.10. The number of anilines is 1. The maximum absolute atomic E-state index is 12.1. The van der Waals surface area contributed by atoms with Gasteiger partial charge in [0, 0.05) is 11.5 Å². The van der Waals surface area contributed by atoms with Crippen LogP contribution in [0.4, 0.5) is 10.5 Å². The second-order valence-electron chi connectivity index (χ2n) is 4.57. The topological polar surface area (TPSA) is 66.8 Å². The van der Waals surface area contributed by atoms with Gasteiger partial charge in [-0.3, -0.25) is 4.90 Å². The van der Waals surface area contributed by atoms with E-state index in [1.807, 2.05) is 30.3 Å². The number of carboxylic acid groups (broad SMARTS) is 1. The zero-order valence-electron chi connectivity index (χ0n) is 11.8. The van der Waals surface area contributed by atoms with E-state index >= 15 is 0 Å². The molecule has 0 aliphatic carbocycles. The largest absolute Gasteiger partial charge is 0.478 e. The van der Waals surface area contributed by atoms with Crippen molar-refractivity contribution in [2.24, 2.45) is 0 Å². The van der Waals surface area contributed by atoms with Gasteiger partial charge in [0.05, 0.1) is 11.3 Å². The summed E-state index contributed by atoms with van der Waals surface area (Å²) in [6.45, 7) is 0.128. The summed E-state index contributed by atoms with van der Waals surface area (Å²) in [4.78, 5) is 24.5. The van der Waals surface area contributed by atoms with Crippen molar-refractivity contribution in [1.82, 2.24) is 0 Å². The molecule has 0 saturated carbocycles. The molecule has 5 nitrogen and oxygen atoms in total. The van der Waals surface area contributed by atoms with E-state index in [4.69, 9.17) is 4.74 Å². The molecule has 1 amide bonds. The first kappa shape index (κ1) is 16.0. The second kappa shape index (κ2) is 7.09. The number of carboxylic acids is 1. The third kappa shape index (κ3) is 3.85. The first-order chi connectivity index (χ1) is 10.5. The second-order valence-corrected chi connectivity index (χ2v) is 5.48. The Hall–Kier alpha value is -2.34. The van der Waals surface area contributed by atoms with Crippen molar-refractivity contribution in [1.29, 1.82) is 0 Å². The van der Waals surface area contributed by atoms with E-state index in [0.29, 0.717) is 4.47 Å². The lowest BCUT2D eigenvalue weighted by atomic mass is 10.1. The first-order valence-corrected chi connectivity index (χ1v) is 7.25. The molecule has 2 aromatic rings. The number of carbonyl (C=O) groups is 2. The Morgan fingerprint density at radius 3 is 2.50 bits per heavy atom. The number of halogens is 1. The number of ether oxygens (including phenoxy) is 1. The quantitative estimate of drug-likeness (QED) is 0.893. The number of amides is 1. The van der Waals surface area contributed by atoms with Crippen LogP contribution in [-0.2, 0) is 11.3 Å². The van der Waals surface area contributed by atoms with Gasteiger partial charge in [-0.1, -0.05) is 46.3 Å². The van der Waals surface area contributed by atoms with E-state index in [2.05, 4.69) is 15.9 Å². The van der Waals surface area contributed by atoms with E-state index in [1.165, 1.54) is 18.0 Å². The fourth-order valence-electron chi connectivity index (χ4n) is 1.89. The Kier molecular flexibility index (Phi) is 5.16. The number of rotatable bonds is 4. The van der Waals surface area contributed by atoms with Crippen LogP contribution < -0.4 is 4.90 Å². The summed E-state index contributed by atoms with van der Waals surface area (Å²) in [5, 5.41) is 9.23. The summed E-state index contributed by atoms with van der Waals surface area (Å²) < 4.78 is 5.82. The number of nitrogens with zero attached hydrogens (tertiary/aromatic N) is 1. The average molecular weight is 364 g/mol. The number of aromatic carboxylic acids is 1. The van der Waals surface area contributed by atoms with Crippen molar-refractivity contribution in [2.45, 2.75) is 6.61 Å². The van der Waals surface area contributed by atoms with Crippen molar-refractivity contribution in [2.75, 3.05) is 11.9 Å². The van der Waals surface area contributed by atoms with Crippen LogP contribution in [0.5, 0.6) is 0 Å². The molecular formula is C16H14BrNO4. The van der Waals surface area contributed by atoms with Gasteiger partial charge in [0.1, 0.15) is 6.61 Å². The molecule has 0 radical (unpaired) electrons. The molecule has 0 unspecified atom stereocenters. The maximum Gasteiger partial charge on any atom is 0.414 e.